The number of halogens is 1. The number of carbonyl (C=O) groups excluding carboxylic acids is 1. The molecule has 1 amide bonds. The maximum atomic E-state index is 12.3. The van der Waals surface area contributed by atoms with Gasteiger partial charge in [0, 0.05) is 11.9 Å². The number of aromatic nitrogens is 2. The summed E-state index contributed by atoms with van der Waals surface area (Å²) in [4.78, 5) is 12.3. The van der Waals surface area contributed by atoms with Crippen LogP contribution in [0.2, 0.25) is 5.02 Å². The summed E-state index contributed by atoms with van der Waals surface area (Å²) in [5, 5.41) is 7.56. The molecular weight excluding hydrogens is 366 g/mol. The highest BCUT2D eigenvalue weighted by molar-refractivity contribution is 6.32. The minimum absolute atomic E-state index is 0.152. The lowest BCUT2D eigenvalue weighted by molar-refractivity contribution is 0.102. The van der Waals surface area contributed by atoms with Crippen LogP contribution in [-0.2, 0) is 6.73 Å². The summed E-state index contributed by atoms with van der Waals surface area (Å²) in [6.07, 6.45) is 1.68. The highest BCUT2D eigenvalue weighted by Gasteiger charge is 2.11. The van der Waals surface area contributed by atoms with Crippen molar-refractivity contribution >= 4 is 23.2 Å². The Morgan fingerprint density at radius 1 is 1.15 bits per heavy atom. The van der Waals surface area contributed by atoms with E-state index in [1.54, 1.807) is 42.6 Å². The average molecular weight is 386 g/mol. The number of ether oxygens (including phenoxy) is 2. The van der Waals surface area contributed by atoms with Crippen molar-refractivity contribution in [2.24, 2.45) is 0 Å². The Morgan fingerprint density at radius 3 is 2.67 bits per heavy atom. The molecular formula is C20H20ClN3O3. The number of nitrogens with zero attached hydrogens (tertiary/aromatic N) is 2. The van der Waals surface area contributed by atoms with Gasteiger partial charge in [0.15, 0.2) is 12.4 Å². The quantitative estimate of drug-likeness (QED) is 0.648. The van der Waals surface area contributed by atoms with Crippen molar-refractivity contribution in [2.75, 3.05) is 11.9 Å². The summed E-state index contributed by atoms with van der Waals surface area (Å²) in [5.74, 6) is 1.03. The van der Waals surface area contributed by atoms with Crippen molar-refractivity contribution in [1.29, 1.82) is 0 Å². The molecule has 0 aliphatic rings. The van der Waals surface area contributed by atoms with Gasteiger partial charge in [0.05, 0.1) is 11.6 Å². The van der Waals surface area contributed by atoms with E-state index in [-0.39, 0.29) is 12.6 Å². The van der Waals surface area contributed by atoms with E-state index >= 15 is 0 Å². The smallest absolute Gasteiger partial charge is 0.276 e. The summed E-state index contributed by atoms with van der Waals surface area (Å²) in [6, 6.07) is 14.3. The Bertz CT molecular complexity index is 922. The predicted octanol–water partition coefficient (Wildman–Crippen LogP) is 4.53. The fourth-order valence-electron chi connectivity index (χ4n) is 2.41. The second kappa shape index (κ2) is 8.60. The highest BCUT2D eigenvalue weighted by atomic mass is 35.5. The van der Waals surface area contributed by atoms with Crippen LogP contribution in [-0.4, -0.2) is 22.3 Å². The Hall–Kier alpha value is -2.99. The zero-order valence-electron chi connectivity index (χ0n) is 15.1. The number of hydrogen-bond donors (Lipinski definition) is 1. The van der Waals surface area contributed by atoms with Gasteiger partial charge in [0.1, 0.15) is 11.5 Å². The van der Waals surface area contributed by atoms with Crippen LogP contribution < -0.4 is 14.8 Å². The molecule has 1 heterocycles. The lowest BCUT2D eigenvalue weighted by atomic mass is 10.2. The van der Waals surface area contributed by atoms with Gasteiger partial charge in [-0.1, -0.05) is 17.7 Å². The summed E-state index contributed by atoms with van der Waals surface area (Å²) >= 11 is 6.11. The van der Waals surface area contributed by atoms with E-state index in [1.165, 1.54) is 4.68 Å². The molecule has 27 heavy (non-hydrogen) atoms. The summed E-state index contributed by atoms with van der Waals surface area (Å²) in [7, 11) is 0. The van der Waals surface area contributed by atoms with Crippen molar-refractivity contribution in [2.45, 2.75) is 20.6 Å². The normalized spacial score (nSPS) is 10.5. The molecule has 0 spiro atoms. The topological polar surface area (TPSA) is 65.4 Å². The van der Waals surface area contributed by atoms with Gasteiger partial charge in [0.25, 0.3) is 5.91 Å². The van der Waals surface area contributed by atoms with Crippen LogP contribution in [0.15, 0.2) is 54.7 Å². The van der Waals surface area contributed by atoms with Crippen LogP contribution in [0, 0.1) is 6.92 Å². The molecule has 1 N–H and O–H groups in total. The zero-order chi connectivity index (χ0) is 19.2. The lowest BCUT2D eigenvalue weighted by Gasteiger charge is -2.09. The fraction of sp³-hybridized carbons (Fsp3) is 0.200. The molecule has 0 fully saturated rings. The number of nitrogens with one attached hydrogen (secondary N) is 1. The molecule has 0 saturated heterocycles. The average Bonchev–Trinajstić information content (AvgIpc) is 3.13. The first kappa shape index (κ1) is 18.8. The van der Waals surface area contributed by atoms with Crippen molar-refractivity contribution in [3.05, 3.63) is 71.0 Å². The SMILES string of the molecule is CCOc1ccc(NC(=O)c2ccn(COc3cc(C)ccc3Cl)n2)cc1. The number of aryl methyl sites for hydroxylation is 1. The van der Waals surface area contributed by atoms with Crippen LogP contribution in [0.5, 0.6) is 11.5 Å². The maximum Gasteiger partial charge on any atom is 0.276 e. The first-order valence-corrected chi connectivity index (χ1v) is 8.89. The molecule has 0 atom stereocenters. The van der Waals surface area contributed by atoms with Crippen LogP contribution in [0.25, 0.3) is 0 Å². The van der Waals surface area contributed by atoms with Gasteiger partial charge in [-0.3, -0.25) is 4.79 Å². The van der Waals surface area contributed by atoms with Gasteiger partial charge in [-0.2, -0.15) is 5.10 Å². The van der Waals surface area contributed by atoms with Crippen molar-refractivity contribution < 1.29 is 14.3 Å². The van der Waals surface area contributed by atoms with Crippen LogP contribution in [0.4, 0.5) is 5.69 Å². The number of hydrogen-bond acceptors (Lipinski definition) is 4. The first-order chi connectivity index (χ1) is 13.0. The summed E-state index contributed by atoms with van der Waals surface area (Å²) in [5.41, 5.74) is 2.01. The van der Waals surface area contributed by atoms with Gasteiger partial charge in [-0.15, -0.1) is 0 Å². The molecule has 0 aliphatic heterocycles. The van der Waals surface area contributed by atoms with E-state index in [0.717, 1.165) is 11.3 Å². The Morgan fingerprint density at radius 2 is 1.93 bits per heavy atom. The highest BCUT2D eigenvalue weighted by Crippen LogP contribution is 2.25. The molecule has 1 aromatic heterocycles. The number of carbonyl (C=O) groups is 1. The molecule has 7 heteroatoms. The van der Waals surface area contributed by atoms with Crippen LogP contribution >= 0.6 is 11.6 Å². The monoisotopic (exact) mass is 385 g/mol. The number of anilines is 1. The molecule has 0 bridgehead atoms. The molecule has 6 nitrogen and oxygen atoms in total. The first-order valence-electron chi connectivity index (χ1n) is 8.52. The minimum Gasteiger partial charge on any atom is -0.494 e. The second-order valence-corrected chi connectivity index (χ2v) is 6.27. The van der Waals surface area contributed by atoms with E-state index in [1.807, 2.05) is 26.0 Å². The van der Waals surface area contributed by atoms with Gasteiger partial charge in [-0.05, 0) is 61.9 Å². The molecule has 3 rings (SSSR count). The third kappa shape index (κ3) is 5.01. The molecule has 0 aliphatic carbocycles. The number of benzene rings is 2. The number of amides is 1. The van der Waals surface area contributed by atoms with Crippen molar-refractivity contribution in [3.63, 3.8) is 0 Å². The maximum absolute atomic E-state index is 12.3. The zero-order valence-corrected chi connectivity index (χ0v) is 15.9. The Balaban J connectivity index is 1.59. The van der Waals surface area contributed by atoms with Crippen molar-refractivity contribution in [1.82, 2.24) is 9.78 Å². The van der Waals surface area contributed by atoms with E-state index in [2.05, 4.69) is 10.4 Å². The van der Waals surface area contributed by atoms with Gasteiger partial charge < -0.3 is 14.8 Å². The minimum atomic E-state index is -0.300. The molecule has 0 radical (unpaired) electrons. The molecule has 0 unspecified atom stereocenters. The molecule has 3 aromatic rings. The number of rotatable bonds is 7. The van der Waals surface area contributed by atoms with Gasteiger partial charge >= 0.3 is 0 Å². The second-order valence-electron chi connectivity index (χ2n) is 5.86. The van der Waals surface area contributed by atoms with Crippen LogP contribution in [0.1, 0.15) is 23.0 Å². The standard InChI is InChI=1S/C20H20ClN3O3/c1-3-26-16-7-5-15(6-8-16)22-20(25)18-10-11-24(23-18)13-27-19-12-14(2)4-9-17(19)21/h4-12H,3,13H2,1-2H3,(H,22,25). The molecule has 0 saturated carbocycles. The Kier molecular flexibility index (Phi) is 5.98. The third-order valence-electron chi connectivity index (χ3n) is 3.74. The van der Waals surface area contributed by atoms with Crippen LogP contribution in [0.3, 0.4) is 0 Å². The van der Waals surface area contributed by atoms with E-state index < -0.39 is 0 Å². The predicted molar refractivity (Wildman–Crippen MR) is 105 cm³/mol. The molecule has 140 valence electrons. The lowest BCUT2D eigenvalue weighted by Crippen LogP contribution is -2.14. The largest absolute Gasteiger partial charge is 0.494 e. The van der Waals surface area contributed by atoms with Gasteiger partial charge in [0.2, 0.25) is 0 Å². The van der Waals surface area contributed by atoms with E-state index in [9.17, 15) is 4.79 Å². The van der Waals surface area contributed by atoms with Gasteiger partial charge in [-0.25, -0.2) is 4.68 Å². The van der Waals surface area contributed by atoms with E-state index in [4.69, 9.17) is 21.1 Å². The van der Waals surface area contributed by atoms with E-state index in [0.29, 0.717) is 28.8 Å². The van der Waals surface area contributed by atoms with Crippen molar-refractivity contribution in [3.8, 4) is 11.5 Å². The Labute approximate surface area is 162 Å². The molecule has 2 aromatic carbocycles. The summed E-state index contributed by atoms with van der Waals surface area (Å²) < 4.78 is 12.6. The summed E-state index contributed by atoms with van der Waals surface area (Å²) in [6.45, 7) is 4.63. The third-order valence-corrected chi connectivity index (χ3v) is 4.05. The fourth-order valence-corrected chi connectivity index (χ4v) is 2.58.